The van der Waals surface area contributed by atoms with Gasteiger partial charge in [-0.15, -0.1) is 12.4 Å². The van der Waals surface area contributed by atoms with Gasteiger partial charge in [-0.25, -0.2) is 0 Å². The van der Waals surface area contributed by atoms with Crippen LogP contribution in [0, 0.1) is 0 Å². The third-order valence-electron chi connectivity index (χ3n) is 3.44. The molecule has 1 amide bonds. The highest BCUT2D eigenvalue weighted by Gasteiger charge is 2.22. The Morgan fingerprint density at radius 3 is 2.95 bits per heavy atom. The summed E-state index contributed by atoms with van der Waals surface area (Å²) in [6.07, 6.45) is 3.75. The average molecular weight is 365 g/mol. The maximum Gasteiger partial charge on any atom is 0.251 e. The van der Waals surface area contributed by atoms with Crippen molar-refractivity contribution in [3.05, 3.63) is 33.2 Å². The summed E-state index contributed by atoms with van der Waals surface area (Å²) in [7, 11) is 1.91. The largest absolute Gasteiger partial charge is 0.340 e. The van der Waals surface area contributed by atoms with Gasteiger partial charge in [0, 0.05) is 35.9 Å². The lowest BCUT2D eigenvalue weighted by molar-refractivity contribution is -0.133. The molecule has 0 radical (unpaired) electrons. The second kappa shape index (κ2) is 7.81. The van der Waals surface area contributed by atoms with Gasteiger partial charge >= 0.3 is 0 Å². The fourth-order valence-corrected chi connectivity index (χ4v) is 2.69. The molecule has 1 N–H and O–H groups in total. The Morgan fingerprint density at radius 2 is 2.25 bits per heavy atom. The van der Waals surface area contributed by atoms with Gasteiger partial charge in [-0.05, 0) is 41.9 Å². The number of piperidine rings is 1. The molecule has 0 aromatic carbocycles. The Bertz CT molecular complexity index is 521. The van der Waals surface area contributed by atoms with Crippen LogP contribution in [0.2, 0.25) is 0 Å². The lowest BCUT2D eigenvalue weighted by atomic mass is 10.1. The minimum Gasteiger partial charge on any atom is -0.340 e. The molecule has 2 rings (SSSR count). The summed E-state index contributed by atoms with van der Waals surface area (Å²) in [5.74, 6) is 0.000139. The summed E-state index contributed by atoms with van der Waals surface area (Å²) < 4.78 is 2.24. The summed E-state index contributed by atoms with van der Waals surface area (Å²) in [6.45, 7) is 1.60. The van der Waals surface area contributed by atoms with E-state index >= 15 is 0 Å². The molecule has 0 aliphatic carbocycles. The zero-order chi connectivity index (χ0) is 13.8. The number of aromatic nitrogens is 1. The number of carbonyl (C=O) groups excluding carboxylic acids is 1. The van der Waals surface area contributed by atoms with Crippen molar-refractivity contribution in [2.24, 2.45) is 0 Å². The third-order valence-corrected chi connectivity index (χ3v) is 3.90. The van der Waals surface area contributed by atoms with E-state index < -0.39 is 0 Å². The quantitative estimate of drug-likeness (QED) is 0.878. The van der Waals surface area contributed by atoms with E-state index in [0.29, 0.717) is 6.04 Å². The molecule has 0 saturated carbocycles. The number of nitrogens with zero attached hydrogens (tertiary/aromatic N) is 2. The number of amides is 1. The minimum atomic E-state index is -0.154. The summed E-state index contributed by atoms with van der Waals surface area (Å²) in [5.41, 5.74) is -0.154. The highest BCUT2D eigenvalue weighted by Crippen LogP contribution is 2.11. The van der Waals surface area contributed by atoms with Crippen molar-refractivity contribution in [1.82, 2.24) is 14.8 Å². The zero-order valence-corrected chi connectivity index (χ0v) is 13.7. The van der Waals surface area contributed by atoms with E-state index in [4.69, 9.17) is 0 Å². The standard InChI is InChI=1S/C13H18BrN3O2.ClH/c1-15-11-3-2-6-16(8-11)13(19)9-17-7-10(14)4-5-12(17)18;/h4-5,7,11,15H,2-3,6,8-9H2,1H3;1H. The summed E-state index contributed by atoms with van der Waals surface area (Å²) >= 11 is 3.31. The topological polar surface area (TPSA) is 54.3 Å². The SMILES string of the molecule is CNC1CCCN(C(=O)Cn2cc(Br)ccc2=O)C1.Cl. The summed E-state index contributed by atoms with van der Waals surface area (Å²) in [6, 6.07) is 3.50. The zero-order valence-electron chi connectivity index (χ0n) is 11.3. The summed E-state index contributed by atoms with van der Waals surface area (Å²) in [4.78, 5) is 25.7. The first-order valence-electron chi connectivity index (χ1n) is 6.41. The van der Waals surface area contributed by atoms with Crippen LogP contribution < -0.4 is 10.9 Å². The predicted molar refractivity (Wildman–Crippen MR) is 84.3 cm³/mol. The van der Waals surface area contributed by atoms with E-state index in [1.54, 1.807) is 12.3 Å². The number of likely N-dealkylation sites (tertiary alicyclic amines) is 1. The van der Waals surface area contributed by atoms with Crippen molar-refractivity contribution >= 4 is 34.2 Å². The lowest BCUT2D eigenvalue weighted by Gasteiger charge is -2.32. The first-order valence-corrected chi connectivity index (χ1v) is 7.20. The molecule has 1 saturated heterocycles. The van der Waals surface area contributed by atoms with Crippen LogP contribution in [0.25, 0.3) is 0 Å². The van der Waals surface area contributed by atoms with Crippen LogP contribution in [0.5, 0.6) is 0 Å². The maximum atomic E-state index is 12.2. The van der Waals surface area contributed by atoms with Gasteiger partial charge in [0.25, 0.3) is 5.56 Å². The molecule has 2 heterocycles. The number of halogens is 2. The number of rotatable bonds is 3. The molecule has 1 aromatic rings. The Kier molecular flexibility index (Phi) is 6.71. The molecule has 1 aliphatic rings. The van der Waals surface area contributed by atoms with Crippen LogP contribution in [0.3, 0.4) is 0 Å². The first kappa shape index (κ1) is 17.2. The van der Waals surface area contributed by atoms with Gasteiger partial charge in [0.2, 0.25) is 5.91 Å². The minimum absolute atomic E-state index is 0. The molecule has 5 nitrogen and oxygen atoms in total. The number of pyridine rings is 1. The van der Waals surface area contributed by atoms with E-state index in [0.717, 1.165) is 30.4 Å². The molecule has 20 heavy (non-hydrogen) atoms. The Balaban J connectivity index is 0.00000200. The smallest absolute Gasteiger partial charge is 0.251 e. The number of hydrogen-bond acceptors (Lipinski definition) is 3. The highest BCUT2D eigenvalue weighted by atomic mass is 79.9. The van der Waals surface area contributed by atoms with Crippen molar-refractivity contribution in [2.75, 3.05) is 20.1 Å². The van der Waals surface area contributed by atoms with Crippen LogP contribution in [-0.2, 0) is 11.3 Å². The normalized spacial score (nSPS) is 18.5. The van der Waals surface area contributed by atoms with E-state index in [1.165, 1.54) is 10.6 Å². The van der Waals surface area contributed by atoms with Gasteiger partial charge in [0.15, 0.2) is 0 Å². The van der Waals surface area contributed by atoms with Crippen molar-refractivity contribution in [3.8, 4) is 0 Å². The van der Waals surface area contributed by atoms with E-state index in [2.05, 4.69) is 21.2 Å². The van der Waals surface area contributed by atoms with Gasteiger partial charge < -0.3 is 14.8 Å². The number of likely N-dealkylation sites (N-methyl/N-ethyl adjacent to an activating group) is 1. The fraction of sp³-hybridized carbons (Fsp3) is 0.538. The molecular formula is C13H19BrClN3O2. The second-order valence-corrected chi connectivity index (χ2v) is 5.70. The van der Waals surface area contributed by atoms with Crippen molar-refractivity contribution in [2.45, 2.75) is 25.4 Å². The Morgan fingerprint density at radius 1 is 1.50 bits per heavy atom. The van der Waals surface area contributed by atoms with Gasteiger partial charge in [0.1, 0.15) is 6.54 Å². The van der Waals surface area contributed by atoms with Crippen molar-refractivity contribution in [3.63, 3.8) is 0 Å². The molecule has 1 unspecified atom stereocenters. The van der Waals surface area contributed by atoms with Crippen LogP contribution in [0.4, 0.5) is 0 Å². The van der Waals surface area contributed by atoms with Crippen LogP contribution in [-0.4, -0.2) is 41.6 Å². The molecule has 1 aromatic heterocycles. The van der Waals surface area contributed by atoms with Gasteiger partial charge in [-0.2, -0.15) is 0 Å². The number of nitrogens with one attached hydrogen (secondary N) is 1. The lowest BCUT2D eigenvalue weighted by Crippen LogP contribution is -2.48. The monoisotopic (exact) mass is 363 g/mol. The Labute approximate surface area is 132 Å². The molecule has 0 bridgehead atoms. The predicted octanol–water partition coefficient (Wildman–Crippen LogP) is 1.24. The fourth-order valence-electron chi connectivity index (χ4n) is 2.31. The van der Waals surface area contributed by atoms with Gasteiger partial charge in [-0.3, -0.25) is 9.59 Å². The first-order chi connectivity index (χ1) is 9.10. The van der Waals surface area contributed by atoms with E-state index in [-0.39, 0.29) is 30.4 Å². The van der Waals surface area contributed by atoms with Crippen LogP contribution >= 0.6 is 28.3 Å². The molecule has 112 valence electrons. The van der Waals surface area contributed by atoms with E-state index in [9.17, 15) is 9.59 Å². The Hall–Kier alpha value is -0.850. The van der Waals surface area contributed by atoms with E-state index in [1.807, 2.05) is 11.9 Å². The third kappa shape index (κ3) is 4.33. The van der Waals surface area contributed by atoms with Crippen molar-refractivity contribution < 1.29 is 4.79 Å². The molecule has 1 aliphatic heterocycles. The molecule has 0 spiro atoms. The molecule has 1 fully saturated rings. The summed E-state index contributed by atoms with van der Waals surface area (Å²) in [5, 5.41) is 3.20. The molecule has 7 heteroatoms. The highest BCUT2D eigenvalue weighted by molar-refractivity contribution is 9.10. The van der Waals surface area contributed by atoms with Crippen LogP contribution in [0.15, 0.2) is 27.6 Å². The van der Waals surface area contributed by atoms with Crippen molar-refractivity contribution in [1.29, 1.82) is 0 Å². The molecule has 1 atom stereocenters. The van der Waals surface area contributed by atoms with Gasteiger partial charge in [-0.1, -0.05) is 0 Å². The maximum absolute atomic E-state index is 12.2. The van der Waals surface area contributed by atoms with Gasteiger partial charge in [0.05, 0.1) is 0 Å². The number of carbonyl (C=O) groups is 1. The number of hydrogen-bond donors (Lipinski definition) is 1. The second-order valence-electron chi connectivity index (χ2n) is 4.78. The molecular weight excluding hydrogens is 346 g/mol. The average Bonchev–Trinajstić information content (AvgIpc) is 2.43. The van der Waals surface area contributed by atoms with Crippen LogP contribution in [0.1, 0.15) is 12.8 Å².